The Bertz CT molecular complexity index is 1340. The van der Waals surface area contributed by atoms with Gasteiger partial charge < -0.3 is 65.1 Å². The first-order chi connectivity index (χ1) is 37.6. The Morgan fingerprint density at radius 1 is 0.455 bits per heavy atom. The molecular weight excluding hydrogens is 979 g/mol. The summed E-state index contributed by atoms with van der Waals surface area (Å²) < 4.78 is 22.6. The summed E-state index contributed by atoms with van der Waals surface area (Å²) in [6, 6.07) is -0.906. The monoisotopic (exact) mass is 1100 g/mol. The molecule has 0 aromatic carbocycles. The summed E-state index contributed by atoms with van der Waals surface area (Å²) in [7, 11) is 0. The quantitative estimate of drug-likeness (QED) is 0.0204. The number of carbonyl (C=O) groups excluding carboxylic acids is 1. The van der Waals surface area contributed by atoms with Crippen LogP contribution in [-0.2, 0) is 23.7 Å². The van der Waals surface area contributed by atoms with Gasteiger partial charge in [-0.3, -0.25) is 4.79 Å². The first kappa shape index (κ1) is 71.8. The molecule has 2 rings (SSSR count). The average Bonchev–Trinajstić information content (AvgIpc) is 3.44. The van der Waals surface area contributed by atoms with E-state index in [1.54, 1.807) is 6.08 Å². The fourth-order valence-corrected chi connectivity index (χ4v) is 11.0. The molecule has 2 saturated heterocycles. The number of unbranched alkanes of at least 4 members (excludes halogenated alkanes) is 40. The van der Waals surface area contributed by atoms with E-state index in [-0.39, 0.29) is 18.9 Å². The highest BCUT2D eigenvalue weighted by Crippen LogP contribution is 2.30. The number of rotatable bonds is 53. The van der Waals surface area contributed by atoms with E-state index in [0.29, 0.717) is 6.42 Å². The van der Waals surface area contributed by atoms with Crippen molar-refractivity contribution in [2.45, 2.75) is 364 Å². The number of hydrogen-bond donors (Lipinski definition) is 9. The average molecular weight is 1100 g/mol. The lowest BCUT2D eigenvalue weighted by molar-refractivity contribution is -0.359. The molecule has 14 nitrogen and oxygen atoms in total. The second-order valence-electron chi connectivity index (χ2n) is 23.3. The van der Waals surface area contributed by atoms with E-state index in [9.17, 15) is 45.6 Å². The fourth-order valence-electron chi connectivity index (χ4n) is 11.0. The van der Waals surface area contributed by atoms with E-state index < -0.39 is 86.8 Å². The third-order valence-electron chi connectivity index (χ3n) is 16.2. The van der Waals surface area contributed by atoms with Crippen molar-refractivity contribution in [3.05, 3.63) is 12.2 Å². The molecule has 14 heteroatoms. The van der Waals surface area contributed by atoms with Crippen LogP contribution in [0.2, 0.25) is 0 Å². The maximum absolute atomic E-state index is 13.1. The minimum atomic E-state index is -1.78. The summed E-state index contributed by atoms with van der Waals surface area (Å²) in [5.41, 5.74) is 0. The zero-order chi connectivity index (χ0) is 56.0. The zero-order valence-corrected chi connectivity index (χ0v) is 49.2. The van der Waals surface area contributed by atoms with Crippen LogP contribution < -0.4 is 5.32 Å². The Labute approximate surface area is 469 Å². The van der Waals surface area contributed by atoms with Gasteiger partial charge in [-0.2, -0.15) is 0 Å². The maximum Gasteiger partial charge on any atom is 0.220 e. The minimum Gasteiger partial charge on any atom is -0.394 e. The number of carbonyl (C=O) groups is 1. The van der Waals surface area contributed by atoms with Gasteiger partial charge in [-0.25, -0.2) is 0 Å². The largest absolute Gasteiger partial charge is 0.394 e. The number of hydrogen-bond acceptors (Lipinski definition) is 13. The third-order valence-corrected chi connectivity index (χ3v) is 16.2. The molecule has 0 saturated carbocycles. The van der Waals surface area contributed by atoms with Gasteiger partial charge in [0.15, 0.2) is 12.6 Å². The van der Waals surface area contributed by atoms with Gasteiger partial charge in [0.25, 0.3) is 0 Å². The smallest absolute Gasteiger partial charge is 0.220 e. The Kier molecular flexibility index (Phi) is 46.0. The molecule has 77 heavy (non-hydrogen) atoms. The van der Waals surface area contributed by atoms with Gasteiger partial charge in [0.05, 0.1) is 32.0 Å². The van der Waals surface area contributed by atoms with Crippen molar-refractivity contribution in [2.24, 2.45) is 0 Å². The zero-order valence-electron chi connectivity index (χ0n) is 49.2. The molecule has 0 aromatic heterocycles. The van der Waals surface area contributed by atoms with Crippen molar-refractivity contribution in [2.75, 3.05) is 19.8 Å². The van der Waals surface area contributed by atoms with E-state index in [1.807, 2.05) is 6.08 Å². The Balaban J connectivity index is 1.43. The van der Waals surface area contributed by atoms with E-state index in [1.165, 1.54) is 225 Å². The molecule has 456 valence electrons. The van der Waals surface area contributed by atoms with Crippen molar-refractivity contribution in [1.82, 2.24) is 5.32 Å². The molecule has 0 radical (unpaired) electrons. The molecule has 2 aliphatic rings. The topological polar surface area (TPSA) is 228 Å². The van der Waals surface area contributed by atoms with E-state index in [2.05, 4.69) is 19.2 Å². The van der Waals surface area contributed by atoms with Crippen LogP contribution >= 0.6 is 0 Å². The van der Waals surface area contributed by atoms with Crippen LogP contribution in [0.15, 0.2) is 12.2 Å². The van der Waals surface area contributed by atoms with Gasteiger partial charge in [-0.05, 0) is 12.8 Å². The number of aliphatic hydroxyl groups is 8. The van der Waals surface area contributed by atoms with Crippen molar-refractivity contribution >= 4 is 5.91 Å². The van der Waals surface area contributed by atoms with Gasteiger partial charge in [-0.15, -0.1) is 0 Å². The van der Waals surface area contributed by atoms with Crippen molar-refractivity contribution in [3.63, 3.8) is 0 Å². The van der Waals surface area contributed by atoms with Crippen LogP contribution in [-0.4, -0.2) is 140 Å². The Morgan fingerprint density at radius 2 is 0.805 bits per heavy atom. The number of amides is 1. The highest BCUT2D eigenvalue weighted by molar-refractivity contribution is 5.76. The lowest BCUT2D eigenvalue weighted by Gasteiger charge is -2.46. The predicted octanol–water partition coefficient (Wildman–Crippen LogP) is 11.8. The molecule has 1 amide bonds. The predicted molar refractivity (Wildman–Crippen MR) is 309 cm³/mol. The lowest BCUT2D eigenvalue weighted by Crippen LogP contribution is -2.65. The molecule has 0 bridgehead atoms. The van der Waals surface area contributed by atoms with Crippen LogP contribution in [0, 0.1) is 0 Å². The molecule has 0 spiro atoms. The highest BCUT2D eigenvalue weighted by Gasteiger charge is 2.51. The summed E-state index contributed by atoms with van der Waals surface area (Å²) in [6.07, 6.45) is 42.8. The lowest BCUT2D eigenvalue weighted by atomic mass is 9.97. The van der Waals surface area contributed by atoms with Crippen molar-refractivity contribution in [3.8, 4) is 0 Å². The normalized spacial score (nSPS) is 24.7. The molecule has 2 aliphatic heterocycles. The standard InChI is InChI=1S/C63H121NO13/c1-3-5-7-9-10-11-12-13-14-15-16-17-18-19-20-21-22-23-24-25-26-27-28-29-30-31-32-33-34-35-36-37-38-39-40-41-42-43-45-47-55(68)64-51(52(67)46-44-8-6-4-2)50-74-62-60(73)58(71)61(54(49-66)76-62)77-63-59(72)57(70)56(69)53(48-65)75-63/h44,46,51-54,56-63,65-67,69-73H,3-43,45,47-50H2,1-2H3,(H,64,68)/b46-44+. The van der Waals surface area contributed by atoms with Crippen LogP contribution in [0.5, 0.6) is 0 Å². The SMILES string of the molecule is CCCC/C=C/C(O)C(COC1OC(CO)C(OC2OC(CO)C(O)C(O)C2O)C(O)C1O)NC(=O)CCCCCCCCCCCCCCCCCCCCCCCCCCCCCCCCCCCCCCCCC. The van der Waals surface area contributed by atoms with Crippen molar-refractivity contribution in [1.29, 1.82) is 0 Å². The van der Waals surface area contributed by atoms with Gasteiger partial charge in [0.1, 0.15) is 48.8 Å². The number of allylic oxidation sites excluding steroid dienone is 1. The highest BCUT2D eigenvalue weighted by atomic mass is 16.7. The van der Waals surface area contributed by atoms with Crippen LogP contribution in [0.3, 0.4) is 0 Å². The Morgan fingerprint density at radius 3 is 1.18 bits per heavy atom. The first-order valence-corrected chi connectivity index (χ1v) is 32.4. The van der Waals surface area contributed by atoms with Crippen molar-refractivity contribution < 1.29 is 64.6 Å². The summed E-state index contributed by atoms with van der Waals surface area (Å²) in [4.78, 5) is 13.1. The van der Waals surface area contributed by atoms with E-state index >= 15 is 0 Å². The maximum atomic E-state index is 13.1. The number of ether oxygens (including phenoxy) is 4. The molecule has 2 heterocycles. The molecule has 9 N–H and O–H groups in total. The van der Waals surface area contributed by atoms with Gasteiger partial charge >= 0.3 is 0 Å². The molecular formula is C63H121NO13. The summed E-state index contributed by atoms with van der Waals surface area (Å²) in [6.45, 7) is 2.65. The van der Waals surface area contributed by atoms with Crippen LogP contribution in [0.4, 0.5) is 0 Å². The second kappa shape index (κ2) is 49.3. The molecule has 12 unspecified atom stereocenters. The molecule has 12 atom stereocenters. The van der Waals surface area contributed by atoms with Crippen LogP contribution in [0.1, 0.15) is 290 Å². The first-order valence-electron chi connectivity index (χ1n) is 32.4. The van der Waals surface area contributed by atoms with Crippen LogP contribution in [0.25, 0.3) is 0 Å². The van der Waals surface area contributed by atoms with Gasteiger partial charge in [0.2, 0.25) is 5.91 Å². The van der Waals surface area contributed by atoms with Gasteiger partial charge in [-0.1, -0.05) is 283 Å². The fraction of sp³-hybridized carbons (Fsp3) is 0.952. The molecule has 0 aromatic rings. The third kappa shape index (κ3) is 34.7. The second-order valence-corrected chi connectivity index (χ2v) is 23.3. The Hall–Kier alpha value is -1.27. The van der Waals surface area contributed by atoms with E-state index in [4.69, 9.17) is 18.9 Å². The summed E-state index contributed by atoms with van der Waals surface area (Å²) >= 11 is 0. The molecule has 0 aliphatic carbocycles. The number of aliphatic hydroxyl groups excluding tert-OH is 8. The minimum absolute atomic E-state index is 0.243. The van der Waals surface area contributed by atoms with Gasteiger partial charge in [0, 0.05) is 6.42 Å². The number of nitrogens with one attached hydrogen (secondary N) is 1. The van der Waals surface area contributed by atoms with E-state index in [0.717, 1.165) is 38.5 Å². The summed E-state index contributed by atoms with van der Waals surface area (Å²) in [5, 5.41) is 86.2. The summed E-state index contributed by atoms with van der Waals surface area (Å²) in [5.74, 6) is -0.243. The molecule has 2 fully saturated rings.